The molecule has 2 heterocycles. The highest BCUT2D eigenvalue weighted by Gasteiger charge is 2.25. The number of ether oxygens (including phenoxy) is 2. The number of nitrogens with zero attached hydrogens (tertiary/aromatic N) is 4. The number of carbonyl (C=O) groups is 3. The van der Waals surface area contributed by atoms with Crippen LogP contribution in [0.5, 0.6) is 0 Å². The Bertz CT molecular complexity index is 694. The summed E-state index contributed by atoms with van der Waals surface area (Å²) in [5, 5.41) is 0.305. The minimum Gasteiger partial charge on any atom is -0.462 e. The Balaban J connectivity index is 1.83. The summed E-state index contributed by atoms with van der Waals surface area (Å²) in [7, 11) is 0. The quantitative estimate of drug-likeness (QED) is 0.417. The molecule has 27 heavy (non-hydrogen) atoms. The molecule has 1 aliphatic heterocycles. The lowest BCUT2D eigenvalue weighted by Gasteiger charge is -2.34. The Morgan fingerprint density at radius 3 is 2.33 bits per heavy atom. The summed E-state index contributed by atoms with van der Waals surface area (Å²) >= 11 is 1.13. The zero-order valence-electron chi connectivity index (χ0n) is 15.3. The average Bonchev–Trinajstić information content (AvgIpc) is 2.66. The van der Waals surface area contributed by atoms with Gasteiger partial charge in [0.1, 0.15) is 11.4 Å². The Kier molecular flexibility index (Phi) is 7.65. The van der Waals surface area contributed by atoms with E-state index >= 15 is 0 Å². The first-order valence-electron chi connectivity index (χ1n) is 8.58. The predicted octanol–water partition coefficient (Wildman–Crippen LogP) is 0.628. The van der Waals surface area contributed by atoms with Crippen LogP contribution in [0.2, 0.25) is 0 Å². The molecule has 1 saturated heterocycles. The van der Waals surface area contributed by atoms with Crippen molar-refractivity contribution in [2.24, 2.45) is 0 Å². The lowest BCUT2D eigenvalue weighted by Crippen LogP contribution is -2.51. The second kappa shape index (κ2) is 9.95. The number of thioether (sulfide) groups is 1. The van der Waals surface area contributed by atoms with Gasteiger partial charge in [0.25, 0.3) is 0 Å². The lowest BCUT2D eigenvalue weighted by atomic mass is 10.3. The summed E-state index contributed by atoms with van der Waals surface area (Å²) in [5.74, 6) is -0.513. The molecule has 1 aromatic heterocycles. The maximum absolute atomic E-state index is 12.3. The Morgan fingerprint density at radius 2 is 1.74 bits per heavy atom. The fourth-order valence-electron chi connectivity index (χ4n) is 2.38. The van der Waals surface area contributed by atoms with Crippen molar-refractivity contribution in [2.75, 3.05) is 50.9 Å². The van der Waals surface area contributed by atoms with Crippen molar-refractivity contribution in [2.45, 2.75) is 19.0 Å². The van der Waals surface area contributed by atoms with E-state index in [1.807, 2.05) is 0 Å². The maximum atomic E-state index is 12.3. The van der Waals surface area contributed by atoms with Gasteiger partial charge in [-0.05, 0) is 13.8 Å². The van der Waals surface area contributed by atoms with Crippen LogP contribution in [0.25, 0.3) is 0 Å². The first kappa shape index (κ1) is 20.7. The van der Waals surface area contributed by atoms with Gasteiger partial charge in [0.2, 0.25) is 5.91 Å². The number of nitrogen functional groups attached to an aromatic ring is 1. The number of esters is 1. The summed E-state index contributed by atoms with van der Waals surface area (Å²) in [6.07, 6.45) is 0.940. The molecule has 0 unspecified atom stereocenters. The standard InChI is InChI=1S/C16H23N5O5S/c1-3-25-14(23)11-9-18-15(19-13(11)17)27-10-12(22)20-5-7-21(8-6-20)16(24)26-4-2/h9H,3-8,10H2,1-2H3,(H2,17,18,19). The summed E-state index contributed by atoms with van der Waals surface area (Å²) in [5.41, 5.74) is 5.86. The Morgan fingerprint density at radius 1 is 1.11 bits per heavy atom. The monoisotopic (exact) mass is 397 g/mol. The summed E-state index contributed by atoms with van der Waals surface area (Å²) < 4.78 is 9.82. The van der Waals surface area contributed by atoms with E-state index in [4.69, 9.17) is 15.2 Å². The zero-order chi connectivity index (χ0) is 19.8. The van der Waals surface area contributed by atoms with Gasteiger partial charge in [-0.25, -0.2) is 19.6 Å². The number of anilines is 1. The topological polar surface area (TPSA) is 128 Å². The molecule has 1 fully saturated rings. The van der Waals surface area contributed by atoms with E-state index < -0.39 is 5.97 Å². The van der Waals surface area contributed by atoms with Crippen LogP contribution in [0.1, 0.15) is 24.2 Å². The molecular weight excluding hydrogens is 374 g/mol. The molecule has 2 rings (SSSR count). The van der Waals surface area contributed by atoms with Crippen LogP contribution in [0.4, 0.5) is 10.6 Å². The first-order chi connectivity index (χ1) is 13.0. The van der Waals surface area contributed by atoms with Gasteiger partial charge in [-0.2, -0.15) is 0 Å². The molecule has 0 atom stereocenters. The van der Waals surface area contributed by atoms with Crippen LogP contribution in [-0.4, -0.2) is 82.9 Å². The fourth-order valence-corrected chi connectivity index (χ4v) is 3.11. The van der Waals surface area contributed by atoms with Gasteiger partial charge in [-0.1, -0.05) is 11.8 Å². The Hall–Kier alpha value is -2.56. The zero-order valence-corrected chi connectivity index (χ0v) is 16.2. The smallest absolute Gasteiger partial charge is 0.409 e. The maximum Gasteiger partial charge on any atom is 0.409 e. The van der Waals surface area contributed by atoms with Gasteiger partial charge >= 0.3 is 12.1 Å². The van der Waals surface area contributed by atoms with Gasteiger partial charge < -0.3 is 25.0 Å². The highest BCUT2D eigenvalue weighted by Crippen LogP contribution is 2.18. The highest BCUT2D eigenvalue weighted by molar-refractivity contribution is 7.99. The van der Waals surface area contributed by atoms with Crippen LogP contribution in [0.15, 0.2) is 11.4 Å². The number of carbonyl (C=O) groups excluding carboxylic acids is 3. The van der Waals surface area contributed by atoms with E-state index in [0.717, 1.165) is 11.8 Å². The summed E-state index contributed by atoms with van der Waals surface area (Å²) in [4.78, 5) is 47.0. The second-order valence-electron chi connectivity index (χ2n) is 5.53. The van der Waals surface area contributed by atoms with Gasteiger partial charge in [-0.3, -0.25) is 4.79 Å². The molecule has 2 N–H and O–H groups in total. The number of nitrogens with two attached hydrogens (primary N) is 1. The van der Waals surface area contributed by atoms with E-state index in [0.29, 0.717) is 37.9 Å². The number of rotatable bonds is 6. The largest absolute Gasteiger partial charge is 0.462 e. The molecule has 0 aromatic carbocycles. The molecule has 0 radical (unpaired) electrons. The molecule has 0 saturated carbocycles. The third-order valence-electron chi connectivity index (χ3n) is 3.77. The van der Waals surface area contributed by atoms with E-state index in [9.17, 15) is 14.4 Å². The minimum absolute atomic E-state index is 0.0152. The number of hydrogen-bond donors (Lipinski definition) is 1. The molecule has 1 aromatic rings. The third kappa shape index (κ3) is 5.71. The van der Waals surface area contributed by atoms with Crippen molar-refractivity contribution in [3.63, 3.8) is 0 Å². The van der Waals surface area contributed by atoms with Crippen molar-refractivity contribution in [3.8, 4) is 0 Å². The van der Waals surface area contributed by atoms with Crippen molar-refractivity contribution in [3.05, 3.63) is 11.8 Å². The van der Waals surface area contributed by atoms with E-state index in [2.05, 4.69) is 9.97 Å². The Labute approximate surface area is 161 Å². The average molecular weight is 397 g/mol. The van der Waals surface area contributed by atoms with Crippen LogP contribution in [-0.2, 0) is 14.3 Å². The van der Waals surface area contributed by atoms with Gasteiger partial charge in [0.05, 0.1) is 19.0 Å². The van der Waals surface area contributed by atoms with Crippen LogP contribution in [0.3, 0.4) is 0 Å². The molecule has 2 amide bonds. The van der Waals surface area contributed by atoms with E-state index in [1.54, 1.807) is 23.6 Å². The normalized spacial score (nSPS) is 14.0. The second-order valence-corrected chi connectivity index (χ2v) is 6.47. The minimum atomic E-state index is -0.581. The van der Waals surface area contributed by atoms with Crippen LogP contribution in [0, 0.1) is 0 Å². The molecule has 1 aliphatic rings. The van der Waals surface area contributed by atoms with Crippen LogP contribution >= 0.6 is 11.8 Å². The van der Waals surface area contributed by atoms with Gasteiger partial charge in [-0.15, -0.1) is 0 Å². The lowest BCUT2D eigenvalue weighted by molar-refractivity contribution is -0.129. The van der Waals surface area contributed by atoms with Gasteiger partial charge in [0.15, 0.2) is 5.16 Å². The molecule has 11 heteroatoms. The SMILES string of the molecule is CCOC(=O)c1cnc(SCC(=O)N2CCN(C(=O)OCC)CC2)nc1N. The highest BCUT2D eigenvalue weighted by atomic mass is 32.2. The number of hydrogen-bond acceptors (Lipinski definition) is 9. The summed E-state index contributed by atoms with van der Waals surface area (Å²) in [6.45, 7) is 5.77. The molecule has 0 spiro atoms. The predicted molar refractivity (Wildman–Crippen MR) is 98.3 cm³/mol. The van der Waals surface area contributed by atoms with E-state index in [1.165, 1.54) is 6.20 Å². The molecular formula is C16H23N5O5S. The fraction of sp³-hybridized carbons (Fsp3) is 0.562. The third-order valence-corrected chi connectivity index (χ3v) is 4.62. The molecule has 0 aliphatic carbocycles. The summed E-state index contributed by atoms with van der Waals surface area (Å²) in [6, 6.07) is 0. The molecule has 0 bridgehead atoms. The van der Waals surface area contributed by atoms with Crippen molar-refractivity contribution in [1.29, 1.82) is 0 Å². The number of amides is 2. The number of piperazine rings is 1. The number of aromatic nitrogens is 2. The van der Waals surface area contributed by atoms with Gasteiger partial charge in [0, 0.05) is 32.4 Å². The van der Waals surface area contributed by atoms with Crippen molar-refractivity contribution < 1.29 is 23.9 Å². The molecule has 10 nitrogen and oxygen atoms in total. The van der Waals surface area contributed by atoms with Crippen molar-refractivity contribution >= 4 is 35.5 Å². The van der Waals surface area contributed by atoms with Crippen molar-refractivity contribution in [1.82, 2.24) is 19.8 Å². The molecule has 148 valence electrons. The first-order valence-corrected chi connectivity index (χ1v) is 9.56. The van der Waals surface area contributed by atoms with E-state index in [-0.39, 0.29) is 35.7 Å². The van der Waals surface area contributed by atoms with Crippen LogP contribution < -0.4 is 5.73 Å².